The molecule has 0 saturated carbocycles. The van der Waals surface area contributed by atoms with Crippen LogP contribution in [0.15, 0.2) is 15.0 Å². The van der Waals surface area contributed by atoms with Crippen molar-refractivity contribution < 1.29 is 4.84 Å². The minimum atomic E-state index is 0.711. The first-order valence-corrected chi connectivity index (χ1v) is 5.21. The van der Waals surface area contributed by atoms with Gasteiger partial charge in [-0.05, 0) is 22.0 Å². The molecule has 12 heavy (non-hydrogen) atoms. The van der Waals surface area contributed by atoms with Crippen LogP contribution in [0.4, 0.5) is 0 Å². The molecule has 0 N–H and O–H groups in total. The van der Waals surface area contributed by atoms with Crippen molar-refractivity contribution in [2.75, 3.05) is 7.11 Å². The lowest BCUT2D eigenvalue weighted by Gasteiger charge is -1.89. The Morgan fingerprint density at radius 2 is 2.58 bits per heavy atom. The average molecular weight is 269 g/mol. The number of nitrogens with zero attached hydrogens (tertiary/aromatic N) is 1. The second kappa shape index (κ2) is 4.84. The van der Waals surface area contributed by atoms with E-state index in [1.54, 1.807) is 17.6 Å². The van der Waals surface area contributed by atoms with Crippen LogP contribution < -0.4 is 0 Å². The fourth-order valence-electron chi connectivity index (χ4n) is 0.710. The summed E-state index contributed by atoms with van der Waals surface area (Å²) in [6.07, 6.45) is 2.40. The first-order chi connectivity index (χ1) is 5.74. The van der Waals surface area contributed by atoms with Gasteiger partial charge in [-0.15, -0.1) is 11.3 Å². The number of halogens is 2. The van der Waals surface area contributed by atoms with E-state index in [0.717, 1.165) is 13.7 Å². The molecule has 1 rings (SSSR count). The molecule has 66 valence electrons. The van der Waals surface area contributed by atoms with Gasteiger partial charge in [-0.2, -0.15) is 0 Å². The highest BCUT2D eigenvalue weighted by Crippen LogP contribution is 2.30. The lowest BCUT2D eigenvalue weighted by atomic mass is 10.4. The molecule has 0 aliphatic rings. The van der Waals surface area contributed by atoms with Crippen molar-refractivity contribution in [3.63, 3.8) is 0 Å². The summed E-state index contributed by atoms with van der Waals surface area (Å²) in [6.45, 7) is 0. The van der Waals surface area contributed by atoms with Gasteiger partial charge >= 0.3 is 0 Å². The SMILES string of the molecule is CON=CCc1sc(Br)cc1Cl. The van der Waals surface area contributed by atoms with Gasteiger partial charge in [-0.25, -0.2) is 0 Å². The van der Waals surface area contributed by atoms with Crippen molar-refractivity contribution in [1.29, 1.82) is 0 Å². The van der Waals surface area contributed by atoms with Gasteiger partial charge in [0.05, 0.1) is 8.81 Å². The predicted octanol–water partition coefficient (Wildman–Crippen LogP) is 3.34. The van der Waals surface area contributed by atoms with Crippen LogP contribution in [0.5, 0.6) is 0 Å². The highest BCUT2D eigenvalue weighted by molar-refractivity contribution is 9.11. The zero-order valence-electron chi connectivity index (χ0n) is 6.38. The molecule has 0 aromatic carbocycles. The molecule has 0 fully saturated rings. The molecule has 0 aliphatic heterocycles. The Kier molecular flexibility index (Phi) is 4.05. The van der Waals surface area contributed by atoms with Crippen LogP contribution in [-0.2, 0) is 11.3 Å². The largest absolute Gasteiger partial charge is 0.399 e. The van der Waals surface area contributed by atoms with Crippen molar-refractivity contribution in [2.45, 2.75) is 6.42 Å². The first kappa shape index (κ1) is 10.0. The highest BCUT2D eigenvalue weighted by Gasteiger charge is 2.03. The van der Waals surface area contributed by atoms with Gasteiger partial charge in [0.1, 0.15) is 7.11 Å². The van der Waals surface area contributed by atoms with Crippen molar-refractivity contribution in [3.05, 3.63) is 19.8 Å². The lowest BCUT2D eigenvalue weighted by Crippen LogP contribution is -1.82. The minimum absolute atomic E-state index is 0.711. The van der Waals surface area contributed by atoms with E-state index >= 15 is 0 Å². The molecule has 0 saturated heterocycles. The summed E-state index contributed by atoms with van der Waals surface area (Å²) in [5.41, 5.74) is 0. The maximum atomic E-state index is 5.90. The molecular weight excluding hydrogens is 262 g/mol. The van der Waals surface area contributed by atoms with E-state index in [2.05, 4.69) is 25.9 Å². The van der Waals surface area contributed by atoms with Gasteiger partial charge in [-0.3, -0.25) is 0 Å². The molecule has 0 aliphatic carbocycles. The molecule has 2 nitrogen and oxygen atoms in total. The standard InChI is InChI=1S/C7H7BrClNOS/c1-11-10-3-2-6-5(9)4-7(8)12-6/h3-4H,2H2,1H3. The van der Waals surface area contributed by atoms with Gasteiger partial charge in [-0.1, -0.05) is 16.8 Å². The number of hydrogen-bond donors (Lipinski definition) is 0. The Bertz CT molecular complexity index is 287. The number of oxime groups is 1. The summed E-state index contributed by atoms with van der Waals surface area (Å²) < 4.78 is 1.04. The first-order valence-electron chi connectivity index (χ1n) is 3.22. The van der Waals surface area contributed by atoms with Crippen LogP contribution in [-0.4, -0.2) is 13.3 Å². The van der Waals surface area contributed by atoms with Crippen molar-refractivity contribution in [3.8, 4) is 0 Å². The number of rotatable bonds is 3. The number of thiophene rings is 1. The van der Waals surface area contributed by atoms with Crippen LogP contribution in [0.25, 0.3) is 0 Å². The molecule has 0 amide bonds. The summed E-state index contributed by atoms with van der Waals surface area (Å²) >= 11 is 10.9. The third-order valence-electron chi connectivity index (χ3n) is 1.18. The van der Waals surface area contributed by atoms with Gasteiger partial charge in [0, 0.05) is 17.5 Å². The Balaban J connectivity index is 2.62. The van der Waals surface area contributed by atoms with E-state index in [1.165, 1.54) is 7.11 Å². The third-order valence-corrected chi connectivity index (χ3v) is 3.29. The predicted molar refractivity (Wildman–Crippen MR) is 56.2 cm³/mol. The molecule has 1 heterocycles. The fourth-order valence-corrected chi connectivity index (χ4v) is 2.75. The fraction of sp³-hybridized carbons (Fsp3) is 0.286. The second-order valence-electron chi connectivity index (χ2n) is 2.00. The zero-order chi connectivity index (χ0) is 8.97. The van der Waals surface area contributed by atoms with Crippen LogP contribution >= 0.6 is 38.9 Å². The zero-order valence-corrected chi connectivity index (χ0v) is 9.54. The van der Waals surface area contributed by atoms with Gasteiger partial charge < -0.3 is 4.84 Å². The van der Waals surface area contributed by atoms with Gasteiger partial charge in [0.25, 0.3) is 0 Å². The van der Waals surface area contributed by atoms with Crippen LogP contribution in [0, 0.1) is 0 Å². The molecule has 1 aromatic heterocycles. The van der Waals surface area contributed by atoms with Crippen molar-refractivity contribution in [2.24, 2.45) is 5.16 Å². The van der Waals surface area contributed by atoms with Crippen molar-refractivity contribution in [1.82, 2.24) is 0 Å². The summed E-state index contributed by atoms with van der Waals surface area (Å²) in [4.78, 5) is 5.62. The van der Waals surface area contributed by atoms with E-state index in [4.69, 9.17) is 11.6 Å². The van der Waals surface area contributed by atoms with Gasteiger partial charge in [0.2, 0.25) is 0 Å². The summed E-state index contributed by atoms with van der Waals surface area (Å²) in [6, 6.07) is 1.88. The van der Waals surface area contributed by atoms with E-state index < -0.39 is 0 Å². The molecule has 1 aromatic rings. The van der Waals surface area contributed by atoms with E-state index in [-0.39, 0.29) is 0 Å². The highest BCUT2D eigenvalue weighted by atomic mass is 79.9. The molecule has 5 heteroatoms. The third kappa shape index (κ3) is 2.77. The Morgan fingerprint density at radius 1 is 1.83 bits per heavy atom. The average Bonchev–Trinajstić information content (AvgIpc) is 2.31. The maximum absolute atomic E-state index is 5.90. The van der Waals surface area contributed by atoms with Crippen LogP contribution in [0.3, 0.4) is 0 Å². The Labute approximate surface area is 88.3 Å². The quantitative estimate of drug-likeness (QED) is 0.609. The summed E-state index contributed by atoms with van der Waals surface area (Å²) in [7, 11) is 1.52. The maximum Gasteiger partial charge on any atom is 0.106 e. The van der Waals surface area contributed by atoms with Crippen molar-refractivity contribution >= 4 is 45.1 Å². The summed E-state index contributed by atoms with van der Waals surface area (Å²) in [5.74, 6) is 0. The Morgan fingerprint density at radius 3 is 3.08 bits per heavy atom. The van der Waals surface area contributed by atoms with Crippen LogP contribution in [0.1, 0.15) is 4.88 Å². The molecule has 0 atom stereocenters. The van der Waals surface area contributed by atoms with E-state index in [0.29, 0.717) is 6.42 Å². The monoisotopic (exact) mass is 267 g/mol. The van der Waals surface area contributed by atoms with E-state index in [1.807, 2.05) is 6.07 Å². The second-order valence-corrected chi connectivity index (χ2v) is 4.92. The molecule has 0 bridgehead atoms. The lowest BCUT2D eigenvalue weighted by molar-refractivity contribution is 0.215. The molecular formula is C7H7BrClNOS. The van der Waals surface area contributed by atoms with Gasteiger partial charge in [0.15, 0.2) is 0 Å². The van der Waals surface area contributed by atoms with E-state index in [9.17, 15) is 0 Å². The number of hydrogen-bond acceptors (Lipinski definition) is 3. The Hall–Kier alpha value is -0.0600. The molecule has 0 radical (unpaired) electrons. The smallest absolute Gasteiger partial charge is 0.106 e. The normalized spacial score (nSPS) is 10.9. The van der Waals surface area contributed by atoms with Crippen LogP contribution in [0.2, 0.25) is 5.02 Å². The minimum Gasteiger partial charge on any atom is -0.399 e. The molecule has 0 spiro atoms. The summed E-state index contributed by atoms with van der Waals surface area (Å²) in [5, 5.41) is 4.40. The molecule has 0 unspecified atom stereocenters. The topological polar surface area (TPSA) is 21.6 Å².